The van der Waals surface area contributed by atoms with Gasteiger partial charge in [0.05, 0.1) is 0 Å². The molecule has 0 aromatic carbocycles. The summed E-state index contributed by atoms with van der Waals surface area (Å²) in [5.41, 5.74) is 0. The van der Waals surface area contributed by atoms with Crippen molar-refractivity contribution in [3.05, 3.63) is 17.0 Å². The van der Waals surface area contributed by atoms with Crippen molar-refractivity contribution in [1.82, 2.24) is 9.21 Å². The molecule has 8 heteroatoms. The number of hydrogen-bond donors (Lipinski definition) is 1. The van der Waals surface area contributed by atoms with Gasteiger partial charge in [0.25, 0.3) is 10.0 Å². The summed E-state index contributed by atoms with van der Waals surface area (Å²) in [5, 5.41) is 8.90. The Balaban J connectivity index is 2.26. The largest absolute Gasteiger partial charge is 0.477 e. The van der Waals surface area contributed by atoms with Gasteiger partial charge in [-0.05, 0) is 39.1 Å². The van der Waals surface area contributed by atoms with E-state index in [9.17, 15) is 13.2 Å². The van der Waals surface area contributed by atoms with Crippen molar-refractivity contribution in [1.29, 1.82) is 0 Å². The Kier molecular flexibility index (Phi) is 4.48. The quantitative estimate of drug-likeness (QED) is 0.881. The lowest BCUT2D eigenvalue weighted by molar-refractivity contribution is 0.0702. The molecule has 1 N–H and O–H groups in total. The smallest absolute Gasteiger partial charge is 0.345 e. The number of aromatic carboxylic acids is 1. The Labute approximate surface area is 122 Å². The molecule has 0 aliphatic carbocycles. The molecule has 1 aromatic heterocycles. The third kappa shape index (κ3) is 3.03. The average Bonchev–Trinajstić information content (AvgIpc) is 2.95. The van der Waals surface area contributed by atoms with Crippen molar-refractivity contribution in [3.8, 4) is 0 Å². The van der Waals surface area contributed by atoms with E-state index < -0.39 is 16.0 Å². The minimum absolute atomic E-state index is 0.0367. The van der Waals surface area contributed by atoms with Crippen molar-refractivity contribution in [3.63, 3.8) is 0 Å². The lowest BCUT2D eigenvalue weighted by Crippen LogP contribution is -2.40. The first kappa shape index (κ1) is 15.4. The molecule has 112 valence electrons. The van der Waals surface area contributed by atoms with Crippen LogP contribution in [0.5, 0.6) is 0 Å². The Morgan fingerprint density at radius 1 is 1.50 bits per heavy atom. The molecule has 1 unspecified atom stereocenters. The SMILES string of the molecule is CN(C)CC1CCCN1S(=O)(=O)c1ccc(C(=O)O)s1. The minimum Gasteiger partial charge on any atom is -0.477 e. The van der Waals surface area contributed by atoms with Gasteiger partial charge in [-0.3, -0.25) is 0 Å². The number of hydrogen-bond acceptors (Lipinski definition) is 5. The number of rotatable bonds is 5. The van der Waals surface area contributed by atoms with Crippen LogP contribution in [0.3, 0.4) is 0 Å². The lowest BCUT2D eigenvalue weighted by Gasteiger charge is -2.25. The topological polar surface area (TPSA) is 77.9 Å². The van der Waals surface area contributed by atoms with Crippen molar-refractivity contribution < 1.29 is 18.3 Å². The summed E-state index contributed by atoms with van der Waals surface area (Å²) in [5.74, 6) is -1.09. The summed E-state index contributed by atoms with van der Waals surface area (Å²) in [7, 11) is 0.243. The summed E-state index contributed by atoms with van der Waals surface area (Å²) in [6.45, 7) is 1.18. The first-order valence-electron chi connectivity index (χ1n) is 6.32. The lowest BCUT2D eigenvalue weighted by atomic mass is 10.2. The predicted octanol–water partition coefficient (Wildman–Crippen LogP) is 1.16. The highest BCUT2D eigenvalue weighted by Crippen LogP contribution is 2.30. The molecule has 1 saturated heterocycles. The van der Waals surface area contributed by atoms with Crippen LogP contribution in [0.4, 0.5) is 0 Å². The Hall–Kier alpha value is -0.960. The van der Waals surface area contributed by atoms with Gasteiger partial charge in [0.2, 0.25) is 0 Å². The number of sulfonamides is 1. The van der Waals surface area contributed by atoms with E-state index >= 15 is 0 Å². The highest BCUT2D eigenvalue weighted by Gasteiger charge is 2.36. The molecule has 0 saturated carbocycles. The molecule has 0 amide bonds. The fraction of sp³-hybridized carbons (Fsp3) is 0.583. The van der Waals surface area contributed by atoms with Crippen LogP contribution < -0.4 is 0 Å². The zero-order valence-corrected chi connectivity index (χ0v) is 13.1. The van der Waals surface area contributed by atoms with Crippen molar-refractivity contribution >= 4 is 27.3 Å². The van der Waals surface area contributed by atoms with Crippen LogP contribution >= 0.6 is 11.3 Å². The standard InChI is InChI=1S/C12H18N2O4S2/c1-13(2)8-9-4-3-7-14(9)20(17,18)11-6-5-10(19-11)12(15)16/h5-6,9H,3-4,7-8H2,1-2H3,(H,15,16). The molecule has 20 heavy (non-hydrogen) atoms. The second kappa shape index (κ2) is 5.80. The van der Waals surface area contributed by atoms with E-state index in [0.717, 1.165) is 24.2 Å². The third-order valence-electron chi connectivity index (χ3n) is 3.25. The van der Waals surface area contributed by atoms with Gasteiger partial charge in [0, 0.05) is 19.1 Å². The van der Waals surface area contributed by atoms with Gasteiger partial charge in [-0.25, -0.2) is 13.2 Å². The van der Waals surface area contributed by atoms with Crippen LogP contribution in [0.15, 0.2) is 16.3 Å². The highest BCUT2D eigenvalue weighted by molar-refractivity contribution is 7.91. The molecule has 0 spiro atoms. The van der Waals surface area contributed by atoms with Crippen LogP contribution in [-0.4, -0.2) is 61.9 Å². The molecular formula is C12H18N2O4S2. The van der Waals surface area contributed by atoms with Gasteiger partial charge in [-0.2, -0.15) is 4.31 Å². The minimum atomic E-state index is -3.58. The number of carbonyl (C=O) groups is 1. The third-order valence-corrected chi connectivity index (χ3v) is 6.75. The number of nitrogens with zero attached hydrogens (tertiary/aromatic N) is 2. The maximum absolute atomic E-state index is 12.6. The molecule has 1 aliphatic heterocycles. The van der Waals surface area contributed by atoms with E-state index in [1.54, 1.807) is 0 Å². The first-order chi connectivity index (χ1) is 9.32. The molecule has 2 heterocycles. The molecule has 1 atom stereocenters. The number of carboxylic acid groups (broad SMARTS) is 1. The van der Waals surface area contributed by atoms with Crippen LogP contribution in [0.25, 0.3) is 0 Å². The van der Waals surface area contributed by atoms with Gasteiger partial charge >= 0.3 is 5.97 Å². The summed E-state index contributed by atoms with van der Waals surface area (Å²) in [6, 6.07) is 2.69. The van der Waals surface area contributed by atoms with Gasteiger partial charge in [-0.15, -0.1) is 11.3 Å². The maximum Gasteiger partial charge on any atom is 0.345 e. The molecule has 6 nitrogen and oxygen atoms in total. The fourth-order valence-electron chi connectivity index (χ4n) is 2.42. The van der Waals surface area contributed by atoms with Crippen LogP contribution in [-0.2, 0) is 10.0 Å². The predicted molar refractivity (Wildman–Crippen MR) is 76.7 cm³/mol. The highest BCUT2D eigenvalue weighted by atomic mass is 32.2. The molecule has 0 bridgehead atoms. The molecule has 1 aliphatic rings. The zero-order valence-electron chi connectivity index (χ0n) is 11.4. The Bertz CT molecular complexity index is 594. The number of likely N-dealkylation sites (N-methyl/N-ethyl adjacent to an activating group) is 1. The van der Waals surface area contributed by atoms with E-state index in [1.807, 2.05) is 19.0 Å². The van der Waals surface area contributed by atoms with Gasteiger partial charge < -0.3 is 10.0 Å². The Morgan fingerprint density at radius 3 is 2.75 bits per heavy atom. The average molecular weight is 318 g/mol. The van der Waals surface area contributed by atoms with Gasteiger partial charge in [0.1, 0.15) is 9.09 Å². The molecule has 1 fully saturated rings. The fourth-order valence-corrected chi connectivity index (χ4v) is 5.38. The van der Waals surface area contributed by atoms with E-state index in [2.05, 4.69) is 0 Å². The second-order valence-electron chi connectivity index (χ2n) is 5.10. The molecule has 1 aromatic rings. The molecule has 0 radical (unpaired) electrons. The summed E-state index contributed by atoms with van der Waals surface area (Å²) >= 11 is 0.813. The van der Waals surface area contributed by atoms with Crippen molar-refractivity contribution in [2.45, 2.75) is 23.1 Å². The second-order valence-corrected chi connectivity index (χ2v) is 8.30. The molecular weight excluding hydrogens is 300 g/mol. The van der Waals surface area contributed by atoms with E-state index in [4.69, 9.17) is 5.11 Å². The van der Waals surface area contributed by atoms with Gasteiger partial charge in [-0.1, -0.05) is 0 Å². The number of thiophene rings is 1. The van der Waals surface area contributed by atoms with E-state index in [0.29, 0.717) is 13.1 Å². The van der Waals surface area contributed by atoms with E-state index in [1.165, 1.54) is 16.4 Å². The van der Waals surface area contributed by atoms with Crippen molar-refractivity contribution in [2.75, 3.05) is 27.2 Å². The summed E-state index contributed by atoms with van der Waals surface area (Å²) < 4.78 is 26.8. The maximum atomic E-state index is 12.6. The molecule has 2 rings (SSSR count). The van der Waals surface area contributed by atoms with Gasteiger partial charge in [0.15, 0.2) is 0 Å². The van der Waals surface area contributed by atoms with Crippen LogP contribution in [0, 0.1) is 0 Å². The first-order valence-corrected chi connectivity index (χ1v) is 8.57. The number of carboxylic acids is 1. The van der Waals surface area contributed by atoms with E-state index in [-0.39, 0.29) is 15.1 Å². The van der Waals surface area contributed by atoms with Crippen molar-refractivity contribution in [2.24, 2.45) is 0 Å². The Morgan fingerprint density at radius 2 is 2.20 bits per heavy atom. The summed E-state index contributed by atoms with van der Waals surface area (Å²) in [6.07, 6.45) is 1.68. The normalized spacial score (nSPS) is 20.6. The van der Waals surface area contributed by atoms with Crippen LogP contribution in [0.2, 0.25) is 0 Å². The summed E-state index contributed by atoms with van der Waals surface area (Å²) in [4.78, 5) is 12.9. The van der Waals surface area contributed by atoms with Crippen LogP contribution in [0.1, 0.15) is 22.5 Å². The zero-order chi connectivity index (χ0) is 14.9. The monoisotopic (exact) mass is 318 g/mol.